The molecular weight excluding hydrogens is 350 g/mol. The molecule has 1 fully saturated rings. The summed E-state index contributed by atoms with van der Waals surface area (Å²) in [6.45, 7) is 7.09. The number of amides is 1. The van der Waals surface area contributed by atoms with Crippen molar-refractivity contribution < 1.29 is 9.59 Å². The minimum Gasteiger partial charge on any atom is -0.305 e. The summed E-state index contributed by atoms with van der Waals surface area (Å²) in [6.07, 6.45) is 1.95. The third-order valence-electron chi connectivity index (χ3n) is 5.70. The minimum atomic E-state index is -0.379. The Morgan fingerprint density at radius 2 is 1.36 bits per heavy atom. The lowest BCUT2D eigenvalue weighted by Gasteiger charge is -2.34. The van der Waals surface area contributed by atoms with Gasteiger partial charge >= 0.3 is 0 Å². The predicted octanol–water partition coefficient (Wildman–Crippen LogP) is 2.81. The smallest absolute Gasteiger partial charge is 0.299 e. The zero-order chi connectivity index (χ0) is 19.3. The number of rotatable bonds is 7. The molecule has 0 spiro atoms. The highest BCUT2D eigenvalue weighted by Crippen LogP contribution is 2.28. The molecule has 0 saturated carbocycles. The van der Waals surface area contributed by atoms with Gasteiger partial charge in [0.2, 0.25) is 0 Å². The zero-order valence-electron chi connectivity index (χ0n) is 16.2. The average molecular weight is 377 g/mol. The second-order valence-corrected chi connectivity index (χ2v) is 7.61. The number of hydrogen-bond acceptors (Lipinski definition) is 4. The third-order valence-corrected chi connectivity index (χ3v) is 5.70. The lowest BCUT2D eigenvalue weighted by molar-refractivity contribution is -0.114. The van der Waals surface area contributed by atoms with Gasteiger partial charge in [0.05, 0.1) is 11.3 Å². The SMILES string of the molecule is O=C1C(=O)N(CCCCN2CCN(Cc3ccccc3)CC2)c2ccccc21. The first-order valence-electron chi connectivity index (χ1n) is 10.2. The maximum Gasteiger partial charge on any atom is 0.299 e. The van der Waals surface area contributed by atoms with Crippen molar-refractivity contribution in [2.45, 2.75) is 19.4 Å². The fourth-order valence-corrected chi connectivity index (χ4v) is 4.09. The minimum absolute atomic E-state index is 0.370. The summed E-state index contributed by atoms with van der Waals surface area (Å²) in [5, 5.41) is 0. The molecule has 2 aliphatic heterocycles. The highest BCUT2D eigenvalue weighted by molar-refractivity contribution is 6.52. The lowest BCUT2D eigenvalue weighted by atomic mass is 10.1. The van der Waals surface area contributed by atoms with E-state index in [4.69, 9.17) is 0 Å². The molecule has 4 rings (SSSR count). The second kappa shape index (κ2) is 8.67. The molecule has 0 radical (unpaired) electrons. The van der Waals surface area contributed by atoms with Crippen LogP contribution in [0.5, 0.6) is 0 Å². The molecule has 0 unspecified atom stereocenters. The summed E-state index contributed by atoms with van der Waals surface area (Å²) in [5.74, 6) is -0.749. The molecule has 0 aromatic heterocycles. The fraction of sp³-hybridized carbons (Fsp3) is 0.391. The Morgan fingerprint density at radius 1 is 0.714 bits per heavy atom. The summed E-state index contributed by atoms with van der Waals surface area (Å²) in [7, 11) is 0. The van der Waals surface area contributed by atoms with Crippen LogP contribution in [0.25, 0.3) is 0 Å². The van der Waals surface area contributed by atoms with Gasteiger partial charge in [-0.3, -0.25) is 14.5 Å². The Hall–Kier alpha value is -2.50. The van der Waals surface area contributed by atoms with Crippen LogP contribution in [0.1, 0.15) is 28.8 Å². The monoisotopic (exact) mass is 377 g/mol. The van der Waals surface area contributed by atoms with E-state index in [2.05, 4.69) is 40.1 Å². The van der Waals surface area contributed by atoms with E-state index in [-0.39, 0.29) is 11.7 Å². The van der Waals surface area contributed by atoms with Crippen molar-refractivity contribution in [3.8, 4) is 0 Å². The van der Waals surface area contributed by atoms with Gasteiger partial charge < -0.3 is 9.80 Å². The topological polar surface area (TPSA) is 43.9 Å². The number of piperazine rings is 1. The van der Waals surface area contributed by atoms with Crippen molar-refractivity contribution in [2.75, 3.05) is 44.2 Å². The number of Topliss-reactive ketones (excluding diaryl/α,β-unsaturated/α-hetero) is 1. The largest absolute Gasteiger partial charge is 0.305 e. The zero-order valence-corrected chi connectivity index (χ0v) is 16.2. The molecule has 5 heteroatoms. The van der Waals surface area contributed by atoms with E-state index in [1.165, 1.54) is 5.56 Å². The van der Waals surface area contributed by atoms with Crippen molar-refractivity contribution in [3.05, 3.63) is 65.7 Å². The summed E-state index contributed by atoms with van der Waals surface area (Å²) in [6, 6.07) is 17.9. The highest BCUT2D eigenvalue weighted by atomic mass is 16.2. The van der Waals surface area contributed by atoms with Crippen LogP contribution < -0.4 is 4.90 Å². The van der Waals surface area contributed by atoms with Gasteiger partial charge in [-0.2, -0.15) is 0 Å². The number of ketones is 1. The van der Waals surface area contributed by atoms with E-state index in [1.54, 1.807) is 11.0 Å². The van der Waals surface area contributed by atoms with E-state index in [0.717, 1.165) is 57.8 Å². The molecule has 0 bridgehead atoms. The number of nitrogens with zero attached hydrogens (tertiary/aromatic N) is 3. The number of unbranched alkanes of at least 4 members (excludes halogenated alkanes) is 1. The standard InChI is InChI=1S/C23H27N3O2/c27-22-20-10-4-5-11-21(20)26(23(22)28)13-7-6-12-24-14-16-25(17-15-24)18-19-8-2-1-3-9-19/h1-5,8-11H,6-7,12-18H2. The van der Waals surface area contributed by atoms with Gasteiger partial charge in [-0.1, -0.05) is 42.5 Å². The first kappa shape index (κ1) is 18.8. The van der Waals surface area contributed by atoms with Crippen LogP contribution in [0.15, 0.2) is 54.6 Å². The summed E-state index contributed by atoms with van der Waals surface area (Å²) in [4.78, 5) is 30.9. The molecule has 0 N–H and O–H groups in total. The number of hydrogen-bond donors (Lipinski definition) is 0. The van der Waals surface area contributed by atoms with Gasteiger partial charge in [-0.15, -0.1) is 0 Å². The van der Waals surface area contributed by atoms with Gasteiger partial charge in [-0.25, -0.2) is 0 Å². The summed E-state index contributed by atoms with van der Waals surface area (Å²) in [5.41, 5.74) is 2.69. The van der Waals surface area contributed by atoms with Crippen LogP contribution in [0, 0.1) is 0 Å². The van der Waals surface area contributed by atoms with E-state index >= 15 is 0 Å². The van der Waals surface area contributed by atoms with Crippen LogP contribution in [0.4, 0.5) is 5.69 Å². The normalized spacial score (nSPS) is 17.9. The summed E-state index contributed by atoms with van der Waals surface area (Å²) < 4.78 is 0. The van der Waals surface area contributed by atoms with Crippen LogP contribution in [0.2, 0.25) is 0 Å². The molecule has 1 saturated heterocycles. The van der Waals surface area contributed by atoms with Crippen LogP contribution in [-0.4, -0.2) is 60.8 Å². The number of para-hydroxylation sites is 1. The van der Waals surface area contributed by atoms with Crippen molar-refractivity contribution >= 4 is 17.4 Å². The average Bonchev–Trinajstić information content (AvgIpc) is 2.98. The number of carbonyl (C=O) groups excluding carboxylic acids is 2. The molecule has 1 amide bonds. The van der Waals surface area contributed by atoms with Gasteiger partial charge in [0.25, 0.3) is 11.7 Å². The molecule has 28 heavy (non-hydrogen) atoms. The molecule has 2 heterocycles. The molecular formula is C23H27N3O2. The van der Waals surface area contributed by atoms with Gasteiger partial charge in [-0.05, 0) is 37.1 Å². The van der Waals surface area contributed by atoms with E-state index < -0.39 is 0 Å². The van der Waals surface area contributed by atoms with Crippen LogP contribution >= 0.6 is 0 Å². The second-order valence-electron chi connectivity index (χ2n) is 7.61. The Kier molecular flexibility index (Phi) is 5.84. The molecule has 146 valence electrons. The molecule has 2 aromatic carbocycles. The number of fused-ring (bicyclic) bond motifs is 1. The Bertz CT molecular complexity index is 829. The molecule has 0 atom stereocenters. The number of benzene rings is 2. The van der Waals surface area contributed by atoms with Crippen LogP contribution in [0.3, 0.4) is 0 Å². The van der Waals surface area contributed by atoms with Crippen LogP contribution in [-0.2, 0) is 11.3 Å². The van der Waals surface area contributed by atoms with Crippen molar-refractivity contribution in [3.63, 3.8) is 0 Å². The van der Waals surface area contributed by atoms with Crippen molar-refractivity contribution in [1.29, 1.82) is 0 Å². The van der Waals surface area contributed by atoms with E-state index in [1.807, 2.05) is 18.2 Å². The van der Waals surface area contributed by atoms with Gasteiger partial charge in [0.1, 0.15) is 0 Å². The van der Waals surface area contributed by atoms with Gasteiger partial charge in [0.15, 0.2) is 0 Å². The fourth-order valence-electron chi connectivity index (χ4n) is 4.09. The number of carbonyl (C=O) groups is 2. The first-order valence-corrected chi connectivity index (χ1v) is 10.2. The van der Waals surface area contributed by atoms with E-state index in [0.29, 0.717) is 12.1 Å². The molecule has 5 nitrogen and oxygen atoms in total. The predicted molar refractivity (Wildman–Crippen MR) is 111 cm³/mol. The summed E-state index contributed by atoms with van der Waals surface area (Å²) >= 11 is 0. The quantitative estimate of drug-likeness (QED) is 0.550. The van der Waals surface area contributed by atoms with Gasteiger partial charge in [0, 0.05) is 39.3 Å². The number of anilines is 1. The Labute approximate surface area is 166 Å². The molecule has 0 aliphatic carbocycles. The molecule has 2 aliphatic rings. The van der Waals surface area contributed by atoms with E-state index in [9.17, 15) is 9.59 Å². The lowest BCUT2D eigenvalue weighted by Crippen LogP contribution is -2.46. The third kappa shape index (κ3) is 4.16. The molecule has 2 aromatic rings. The Balaban J connectivity index is 1.18. The van der Waals surface area contributed by atoms with Crippen molar-refractivity contribution in [2.24, 2.45) is 0 Å². The maximum absolute atomic E-state index is 12.2. The Morgan fingerprint density at radius 3 is 2.14 bits per heavy atom. The first-order chi connectivity index (χ1) is 13.7. The maximum atomic E-state index is 12.2. The van der Waals surface area contributed by atoms with Crippen molar-refractivity contribution in [1.82, 2.24) is 9.80 Å². The highest BCUT2D eigenvalue weighted by Gasteiger charge is 2.34.